The van der Waals surface area contributed by atoms with Crippen LogP contribution in [0, 0.1) is 10.1 Å². The molecule has 10 heteroatoms. The van der Waals surface area contributed by atoms with Crippen molar-refractivity contribution in [1.29, 1.82) is 0 Å². The number of H-pyrrole nitrogens is 1. The molecule has 3 aromatic carbocycles. The molecule has 0 saturated carbocycles. The van der Waals surface area contributed by atoms with E-state index < -0.39 is 14.9 Å². The van der Waals surface area contributed by atoms with Gasteiger partial charge in [-0.3, -0.25) is 10.1 Å². The number of aromatic amines is 1. The van der Waals surface area contributed by atoms with E-state index in [0.29, 0.717) is 33.4 Å². The van der Waals surface area contributed by atoms with E-state index in [1.807, 2.05) is 30.3 Å². The van der Waals surface area contributed by atoms with Crippen LogP contribution < -0.4 is 4.72 Å². The Morgan fingerprint density at radius 2 is 1.79 bits per heavy atom. The molecule has 0 spiro atoms. The minimum absolute atomic E-state index is 0.0992. The van der Waals surface area contributed by atoms with Crippen LogP contribution in [-0.2, 0) is 16.6 Å². The number of aromatic nitrogens is 1. The maximum Gasteiger partial charge on any atom is 0.270 e. The molecule has 0 atom stereocenters. The van der Waals surface area contributed by atoms with Gasteiger partial charge in [-0.15, -0.1) is 0 Å². The van der Waals surface area contributed by atoms with Crippen molar-refractivity contribution >= 4 is 38.0 Å². The SMILES string of the molecule is CS(=O)(=O)NCc1ccc(N=C(c2ccccc2)c2c(O)[nH]c3ccc([N+](=O)[O-])cc23)cc1. The predicted molar refractivity (Wildman–Crippen MR) is 126 cm³/mol. The Balaban J connectivity index is 1.82. The first-order chi connectivity index (χ1) is 15.7. The van der Waals surface area contributed by atoms with E-state index in [1.54, 1.807) is 30.3 Å². The number of nitrogens with zero attached hydrogens (tertiary/aromatic N) is 2. The van der Waals surface area contributed by atoms with Crippen molar-refractivity contribution in [1.82, 2.24) is 9.71 Å². The van der Waals surface area contributed by atoms with Gasteiger partial charge in [-0.25, -0.2) is 18.1 Å². The molecule has 0 saturated heterocycles. The lowest BCUT2D eigenvalue weighted by atomic mass is 10.0. The van der Waals surface area contributed by atoms with Gasteiger partial charge in [0, 0.05) is 35.1 Å². The van der Waals surface area contributed by atoms with Crippen LogP contribution in [0.3, 0.4) is 0 Å². The van der Waals surface area contributed by atoms with Gasteiger partial charge in [0.25, 0.3) is 5.69 Å². The maximum absolute atomic E-state index is 11.3. The van der Waals surface area contributed by atoms with Crippen LogP contribution in [0.4, 0.5) is 11.4 Å². The topological polar surface area (TPSA) is 138 Å². The van der Waals surface area contributed by atoms with Gasteiger partial charge in [0.2, 0.25) is 10.0 Å². The van der Waals surface area contributed by atoms with Gasteiger partial charge < -0.3 is 10.1 Å². The second-order valence-corrected chi connectivity index (χ2v) is 9.25. The molecule has 168 valence electrons. The molecular formula is C23H20N4O5S. The molecule has 0 amide bonds. The lowest BCUT2D eigenvalue weighted by Crippen LogP contribution is -2.21. The molecule has 1 aromatic heterocycles. The molecular weight excluding hydrogens is 444 g/mol. The minimum atomic E-state index is -3.31. The third-order valence-corrected chi connectivity index (χ3v) is 5.64. The van der Waals surface area contributed by atoms with Crippen molar-refractivity contribution in [2.24, 2.45) is 4.99 Å². The van der Waals surface area contributed by atoms with Crippen LogP contribution in [-0.4, -0.2) is 35.4 Å². The summed E-state index contributed by atoms with van der Waals surface area (Å²) in [6.07, 6.45) is 1.09. The Bertz CT molecular complexity index is 1460. The highest BCUT2D eigenvalue weighted by Gasteiger charge is 2.20. The summed E-state index contributed by atoms with van der Waals surface area (Å²) in [5.74, 6) is -0.151. The standard InChI is InChI=1S/C23H20N4O5S/c1-33(31,32)24-14-15-7-9-17(10-8-15)25-22(16-5-3-2-4-6-16)21-19-13-18(27(29)30)11-12-20(19)26-23(21)28/h2-13,24,26,28H,14H2,1H3. The zero-order chi connectivity index (χ0) is 23.6. The average molecular weight is 465 g/mol. The van der Waals surface area contributed by atoms with Crippen LogP contribution in [0.25, 0.3) is 10.9 Å². The molecule has 3 N–H and O–H groups in total. The van der Waals surface area contributed by atoms with Gasteiger partial charge in [-0.05, 0) is 23.8 Å². The number of benzene rings is 3. The van der Waals surface area contributed by atoms with Crippen LogP contribution >= 0.6 is 0 Å². The van der Waals surface area contributed by atoms with Gasteiger partial charge in [0.15, 0.2) is 5.88 Å². The van der Waals surface area contributed by atoms with E-state index in [0.717, 1.165) is 11.8 Å². The highest BCUT2D eigenvalue weighted by molar-refractivity contribution is 7.88. The van der Waals surface area contributed by atoms with Crippen LogP contribution in [0.5, 0.6) is 5.88 Å². The molecule has 33 heavy (non-hydrogen) atoms. The van der Waals surface area contributed by atoms with Crippen LogP contribution in [0.15, 0.2) is 77.8 Å². The third-order valence-electron chi connectivity index (χ3n) is 4.97. The van der Waals surface area contributed by atoms with Crippen LogP contribution in [0.2, 0.25) is 0 Å². The Hall–Kier alpha value is -4.02. The smallest absolute Gasteiger partial charge is 0.270 e. The second-order valence-electron chi connectivity index (χ2n) is 7.42. The molecule has 0 radical (unpaired) electrons. The van der Waals surface area contributed by atoms with E-state index in [-0.39, 0.29) is 18.1 Å². The van der Waals surface area contributed by atoms with E-state index in [2.05, 4.69) is 9.71 Å². The first-order valence-electron chi connectivity index (χ1n) is 9.88. The number of non-ortho nitro benzene ring substituents is 1. The first kappa shape index (κ1) is 22.2. The highest BCUT2D eigenvalue weighted by atomic mass is 32.2. The van der Waals surface area contributed by atoms with Crippen molar-refractivity contribution in [2.75, 3.05) is 6.26 Å². The summed E-state index contributed by atoms with van der Waals surface area (Å²) in [5.41, 5.74) is 3.26. The van der Waals surface area contributed by atoms with Crippen molar-refractivity contribution in [2.45, 2.75) is 6.54 Å². The lowest BCUT2D eigenvalue weighted by molar-refractivity contribution is -0.384. The van der Waals surface area contributed by atoms with Crippen molar-refractivity contribution in [3.05, 3.63) is 99.6 Å². The summed E-state index contributed by atoms with van der Waals surface area (Å²) in [5, 5.41) is 22.5. The Morgan fingerprint density at radius 1 is 1.09 bits per heavy atom. The molecule has 9 nitrogen and oxygen atoms in total. The molecule has 0 aliphatic carbocycles. The number of sulfonamides is 1. The summed E-state index contributed by atoms with van der Waals surface area (Å²) in [6, 6.07) is 20.5. The summed E-state index contributed by atoms with van der Waals surface area (Å²) < 4.78 is 25.0. The number of nitro benzene ring substituents is 1. The zero-order valence-electron chi connectivity index (χ0n) is 17.5. The predicted octanol–water partition coefficient (Wildman–Crippen LogP) is 4.00. The molecule has 4 aromatic rings. The van der Waals surface area contributed by atoms with Gasteiger partial charge in [-0.2, -0.15) is 0 Å². The van der Waals surface area contributed by atoms with Crippen LogP contribution in [0.1, 0.15) is 16.7 Å². The fourth-order valence-corrected chi connectivity index (χ4v) is 3.84. The summed E-state index contributed by atoms with van der Waals surface area (Å²) in [7, 11) is -3.31. The van der Waals surface area contributed by atoms with E-state index >= 15 is 0 Å². The van der Waals surface area contributed by atoms with E-state index in [1.165, 1.54) is 12.1 Å². The normalized spacial score (nSPS) is 12.2. The van der Waals surface area contributed by atoms with Gasteiger partial charge in [0.05, 0.1) is 28.1 Å². The zero-order valence-corrected chi connectivity index (χ0v) is 18.3. The largest absolute Gasteiger partial charge is 0.494 e. The summed E-state index contributed by atoms with van der Waals surface area (Å²) in [6.45, 7) is 0.154. The number of aliphatic imine (C=N–C) groups is 1. The maximum atomic E-state index is 11.3. The number of aromatic hydroxyl groups is 1. The van der Waals surface area contributed by atoms with E-state index in [9.17, 15) is 23.6 Å². The molecule has 0 fully saturated rings. The monoisotopic (exact) mass is 464 g/mol. The molecule has 1 heterocycles. The van der Waals surface area contributed by atoms with E-state index in [4.69, 9.17) is 4.99 Å². The number of nitro groups is 1. The highest BCUT2D eigenvalue weighted by Crippen LogP contribution is 2.33. The molecule has 0 aliphatic rings. The number of hydrogen-bond acceptors (Lipinski definition) is 6. The Labute approximate surface area is 189 Å². The van der Waals surface area contributed by atoms with Crippen molar-refractivity contribution < 1.29 is 18.4 Å². The average Bonchev–Trinajstić information content (AvgIpc) is 3.11. The minimum Gasteiger partial charge on any atom is -0.494 e. The molecule has 4 rings (SSSR count). The molecule has 0 unspecified atom stereocenters. The summed E-state index contributed by atoms with van der Waals surface area (Å²) in [4.78, 5) is 18.4. The van der Waals surface area contributed by atoms with Gasteiger partial charge >= 0.3 is 0 Å². The fourth-order valence-electron chi connectivity index (χ4n) is 3.41. The quantitative estimate of drug-likeness (QED) is 0.216. The molecule has 0 aliphatic heterocycles. The Morgan fingerprint density at radius 3 is 2.42 bits per heavy atom. The lowest BCUT2D eigenvalue weighted by Gasteiger charge is -2.08. The second kappa shape index (κ2) is 8.85. The number of hydrogen-bond donors (Lipinski definition) is 3. The summed E-state index contributed by atoms with van der Waals surface area (Å²) >= 11 is 0. The Kier molecular flexibility index (Phi) is 5.95. The van der Waals surface area contributed by atoms with Gasteiger partial charge in [-0.1, -0.05) is 42.5 Å². The first-order valence-corrected chi connectivity index (χ1v) is 11.8. The number of nitrogens with one attached hydrogen (secondary N) is 2. The number of fused-ring (bicyclic) bond motifs is 1. The van der Waals surface area contributed by atoms with Crippen molar-refractivity contribution in [3.8, 4) is 5.88 Å². The number of rotatable bonds is 7. The fraction of sp³-hybridized carbons (Fsp3) is 0.0870. The van der Waals surface area contributed by atoms with Crippen molar-refractivity contribution in [3.63, 3.8) is 0 Å². The molecule has 0 bridgehead atoms. The van der Waals surface area contributed by atoms with Gasteiger partial charge in [0.1, 0.15) is 0 Å². The third kappa shape index (κ3) is 5.08.